The summed E-state index contributed by atoms with van der Waals surface area (Å²) in [4.78, 5) is 0. The fourth-order valence-corrected chi connectivity index (χ4v) is 4.53. The molecule has 0 N–H and O–H groups in total. The first kappa shape index (κ1) is 18.8. The topological polar surface area (TPSA) is 18.5 Å². The van der Waals surface area contributed by atoms with E-state index in [0.717, 1.165) is 24.5 Å². The van der Waals surface area contributed by atoms with Gasteiger partial charge in [0.05, 0.1) is 6.10 Å². The summed E-state index contributed by atoms with van der Waals surface area (Å²) in [6.07, 6.45) is 14.4. The molecule has 0 saturated heterocycles. The second-order valence-corrected chi connectivity index (χ2v) is 8.20. The Labute approximate surface area is 154 Å². The van der Waals surface area contributed by atoms with Crippen molar-refractivity contribution in [2.45, 2.75) is 96.9 Å². The monoisotopic (exact) mass is 344 g/mol. The van der Waals surface area contributed by atoms with Gasteiger partial charge in [0.1, 0.15) is 5.75 Å². The van der Waals surface area contributed by atoms with Gasteiger partial charge >= 0.3 is 0 Å². The largest absolute Gasteiger partial charge is 0.465 e. The zero-order valence-electron chi connectivity index (χ0n) is 16.2. The van der Waals surface area contributed by atoms with Crippen LogP contribution in [0.1, 0.15) is 83.6 Å². The zero-order valence-corrected chi connectivity index (χ0v) is 16.2. The van der Waals surface area contributed by atoms with Gasteiger partial charge < -0.3 is 9.47 Å². The Morgan fingerprint density at radius 1 is 0.920 bits per heavy atom. The molecule has 2 aliphatic rings. The lowest BCUT2D eigenvalue weighted by atomic mass is 9.89. The second kappa shape index (κ2) is 9.62. The summed E-state index contributed by atoms with van der Waals surface area (Å²) >= 11 is 0. The Balaban J connectivity index is 1.61. The maximum Gasteiger partial charge on any atom is 0.200 e. The average Bonchev–Trinajstić information content (AvgIpc) is 3.18. The van der Waals surface area contributed by atoms with Crippen molar-refractivity contribution in [1.82, 2.24) is 0 Å². The molecule has 0 aromatic heterocycles. The first-order valence-corrected chi connectivity index (χ1v) is 10.7. The molecule has 1 aromatic rings. The lowest BCUT2D eigenvalue weighted by molar-refractivity contribution is -0.139. The van der Waals surface area contributed by atoms with Crippen LogP contribution in [0.25, 0.3) is 0 Å². The van der Waals surface area contributed by atoms with Crippen LogP contribution in [0.2, 0.25) is 0 Å². The smallest absolute Gasteiger partial charge is 0.200 e. The summed E-state index contributed by atoms with van der Waals surface area (Å²) in [6.45, 7) is 4.59. The number of ether oxygens (including phenoxy) is 2. The minimum absolute atomic E-state index is 0.0915. The standard InChI is InChI=1S/C23H36O2/c1-3-19-13-15-22(16-14-19)25-23(24-21-11-5-4-6-12-21)17-18(2)20-9-7-8-10-20/h13-16,18,20-21,23H,3-12,17H2,1-2H3. The molecular formula is C23H36O2. The molecule has 0 amide bonds. The maximum absolute atomic E-state index is 6.46. The van der Waals surface area contributed by atoms with Crippen LogP contribution in [-0.2, 0) is 11.2 Å². The van der Waals surface area contributed by atoms with Crippen molar-refractivity contribution in [2.75, 3.05) is 0 Å². The van der Waals surface area contributed by atoms with Crippen LogP contribution in [0.5, 0.6) is 5.75 Å². The first-order chi connectivity index (χ1) is 12.2. The number of aryl methyl sites for hydroxylation is 1. The van der Waals surface area contributed by atoms with E-state index in [0.29, 0.717) is 12.0 Å². The number of benzene rings is 1. The Bertz CT molecular complexity index is 483. The van der Waals surface area contributed by atoms with Crippen LogP contribution in [0, 0.1) is 11.8 Å². The summed E-state index contributed by atoms with van der Waals surface area (Å²) in [6, 6.07) is 8.56. The molecule has 25 heavy (non-hydrogen) atoms. The third-order valence-electron chi connectivity index (χ3n) is 6.26. The molecule has 1 aromatic carbocycles. The molecule has 3 rings (SSSR count). The molecule has 140 valence electrons. The van der Waals surface area contributed by atoms with Gasteiger partial charge in [-0.05, 0) is 48.8 Å². The van der Waals surface area contributed by atoms with Crippen molar-refractivity contribution in [3.05, 3.63) is 29.8 Å². The van der Waals surface area contributed by atoms with E-state index >= 15 is 0 Å². The van der Waals surface area contributed by atoms with E-state index in [1.54, 1.807) is 0 Å². The Morgan fingerprint density at radius 2 is 1.56 bits per heavy atom. The molecule has 0 radical (unpaired) electrons. The van der Waals surface area contributed by atoms with E-state index in [-0.39, 0.29) is 6.29 Å². The molecule has 2 nitrogen and oxygen atoms in total. The highest BCUT2D eigenvalue weighted by atomic mass is 16.7. The van der Waals surface area contributed by atoms with Crippen molar-refractivity contribution in [2.24, 2.45) is 11.8 Å². The minimum Gasteiger partial charge on any atom is -0.465 e. The summed E-state index contributed by atoms with van der Waals surface area (Å²) in [5.41, 5.74) is 1.36. The highest BCUT2D eigenvalue weighted by Crippen LogP contribution is 2.35. The molecule has 0 bridgehead atoms. The van der Waals surface area contributed by atoms with Gasteiger partial charge in [0.2, 0.25) is 0 Å². The van der Waals surface area contributed by atoms with Gasteiger partial charge in [-0.3, -0.25) is 0 Å². The zero-order chi connectivity index (χ0) is 17.5. The Hall–Kier alpha value is -1.02. The van der Waals surface area contributed by atoms with E-state index in [1.807, 2.05) is 0 Å². The number of hydrogen-bond donors (Lipinski definition) is 0. The molecular weight excluding hydrogens is 308 g/mol. The summed E-state index contributed by atoms with van der Waals surface area (Å²) < 4.78 is 12.8. The van der Waals surface area contributed by atoms with Crippen LogP contribution in [-0.4, -0.2) is 12.4 Å². The maximum atomic E-state index is 6.46. The van der Waals surface area contributed by atoms with Gasteiger partial charge in [0.15, 0.2) is 6.29 Å². The summed E-state index contributed by atoms with van der Waals surface area (Å²) in [5, 5.41) is 0. The van der Waals surface area contributed by atoms with Gasteiger partial charge in [-0.1, -0.05) is 70.9 Å². The fourth-order valence-electron chi connectivity index (χ4n) is 4.53. The summed E-state index contributed by atoms with van der Waals surface area (Å²) in [5.74, 6) is 2.51. The average molecular weight is 345 g/mol. The van der Waals surface area contributed by atoms with E-state index in [9.17, 15) is 0 Å². The van der Waals surface area contributed by atoms with Crippen molar-refractivity contribution in [1.29, 1.82) is 0 Å². The van der Waals surface area contributed by atoms with Crippen LogP contribution >= 0.6 is 0 Å². The minimum atomic E-state index is -0.0915. The van der Waals surface area contributed by atoms with E-state index in [1.165, 1.54) is 63.4 Å². The second-order valence-electron chi connectivity index (χ2n) is 8.20. The highest BCUT2D eigenvalue weighted by Gasteiger charge is 2.27. The van der Waals surface area contributed by atoms with Gasteiger partial charge in [-0.25, -0.2) is 0 Å². The lowest BCUT2D eigenvalue weighted by Crippen LogP contribution is -2.31. The van der Waals surface area contributed by atoms with Gasteiger partial charge in [-0.2, -0.15) is 0 Å². The van der Waals surface area contributed by atoms with Crippen LogP contribution < -0.4 is 4.74 Å². The fraction of sp³-hybridized carbons (Fsp3) is 0.739. The van der Waals surface area contributed by atoms with Crippen molar-refractivity contribution >= 4 is 0 Å². The van der Waals surface area contributed by atoms with Crippen molar-refractivity contribution in [3.63, 3.8) is 0 Å². The van der Waals surface area contributed by atoms with E-state index in [2.05, 4.69) is 38.1 Å². The first-order valence-electron chi connectivity index (χ1n) is 10.7. The molecule has 2 heteroatoms. The van der Waals surface area contributed by atoms with Crippen molar-refractivity contribution in [3.8, 4) is 5.75 Å². The third kappa shape index (κ3) is 5.74. The highest BCUT2D eigenvalue weighted by molar-refractivity contribution is 5.27. The summed E-state index contributed by atoms with van der Waals surface area (Å²) in [7, 11) is 0. The van der Waals surface area contributed by atoms with E-state index in [4.69, 9.17) is 9.47 Å². The number of rotatable bonds is 8. The molecule has 2 aliphatic carbocycles. The van der Waals surface area contributed by atoms with E-state index < -0.39 is 0 Å². The van der Waals surface area contributed by atoms with Crippen LogP contribution in [0.4, 0.5) is 0 Å². The molecule has 0 spiro atoms. The Kier molecular flexibility index (Phi) is 7.22. The lowest BCUT2D eigenvalue weighted by Gasteiger charge is -2.31. The molecule has 2 fully saturated rings. The SMILES string of the molecule is CCc1ccc(OC(CC(C)C2CCCC2)OC2CCCCC2)cc1. The van der Waals surface area contributed by atoms with Crippen molar-refractivity contribution < 1.29 is 9.47 Å². The number of hydrogen-bond acceptors (Lipinski definition) is 2. The normalized spacial score (nSPS) is 22.0. The predicted molar refractivity (Wildman–Crippen MR) is 104 cm³/mol. The molecule has 2 unspecified atom stereocenters. The van der Waals surface area contributed by atoms with Gasteiger partial charge in [0, 0.05) is 6.42 Å². The van der Waals surface area contributed by atoms with Crippen LogP contribution in [0.15, 0.2) is 24.3 Å². The quantitative estimate of drug-likeness (QED) is 0.500. The van der Waals surface area contributed by atoms with Gasteiger partial charge in [0.25, 0.3) is 0 Å². The predicted octanol–water partition coefficient (Wildman–Crippen LogP) is 6.52. The van der Waals surface area contributed by atoms with Gasteiger partial charge in [-0.15, -0.1) is 0 Å². The molecule has 2 atom stereocenters. The third-order valence-corrected chi connectivity index (χ3v) is 6.26. The molecule has 2 saturated carbocycles. The Morgan fingerprint density at radius 3 is 2.20 bits per heavy atom. The van der Waals surface area contributed by atoms with Crippen LogP contribution in [0.3, 0.4) is 0 Å². The molecule has 0 heterocycles. The molecule has 0 aliphatic heterocycles.